The van der Waals surface area contributed by atoms with E-state index in [1.807, 2.05) is 30.3 Å². The molecule has 98 valence electrons. The maximum Gasteiger partial charge on any atom is 0.270 e. The molecule has 3 aromatic rings. The SMILES string of the molecule is O=c1cc(-c2ccccc2)c2cc([N+](=O)[O-])ccc2[nH]1. The van der Waals surface area contributed by atoms with Crippen LogP contribution in [-0.4, -0.2) is 9.91 Å². The summed E-state index contributed by atoms with van der Waals surface area (Å²) in [6.45, 7) is 0. The van der Waals surface area contributed by atoms with E-state index in [-0.39, 0.29) is 11.2 Å². The maximum absolute atomic E-state index is 11.7. The number of aromatic nitrogens is 1. The molecule has 1 heterocycles. The van der Waals surface area contributed by atoms with Crippen LogP contribution in [0.3, 0.4) is 0 Å². The summed E-state index contributed by atoms with van der Waals surface area (Å²) in [5.74, 6) is 0. The molecule has 0 bridgehead atoms. The topological polar surface area (TPSA) is 76.0 Å². The third-order valence-electron chi connectivity index (χ3n) is 3.12. The van der Waals surface area contributed by atoms with Crippen LogP contribution in [0, 0.1) is 10.1 Å². The number of nitro groups is 1. The molecule has 2 aromatic carbocycles. The zero-order valence-electron chi connectivity index (χ0n) is 10.4. The van der Waals surface area contributed by atoms with Crippen LogP contribution in [0.1, 0.15) is 0 Å². The van der Waals surface area contributed by atoms with Gasteiger partial charge in [-0.25, -0.2) is 0 Å². The fraction of sp³-hybridized carbons (Fsp3) is 0. The Labute approximate surface area is 113 Å². The average Bonchev–Trinajstić information content (AvgIpc) is 2.46. The fourth-order valence-electron chi connectivity index (χ4n) is 2.21. The van der Waals surface area contributed by atoms with Crippen LogP contribution >= 0.6 is 0 Å². The first-order valence-electron chi connectivity index (χ1n) is 6.02. The van der Waals surface area contributed by atoms with Gasteiger partial charge in [-0.05, 0) is 17.2 Å². The lowest BCUT2D eigenvalue weighted by atomic mass is 10.0. The Hall–Kier alpha value is -2.95. The number of benzene rings is 2. The molecule has 0 aliphatic carbocycles. The lowest BCUT2D eigenvalue weighted by Crippen LogP contribution is -2.05. The molecule has 0 aliphatic rings. The number of pyridine rings is 1. The smallest absolute Gasteiger partial charge is 0.270 e. The Morgan fingerprint density at radius 1 is 1.00 bits per heavy atom. The molecule has 5 heteroatoms. The van der Waals surface area contributed by atoms with Gasteiger partial charge in [-0.15, -0.1) is 0 Å². The Morgan fingerprint density at radius 3 is 2.45 bits per heavy atom. The van der Waals surface area contributed by atoms with Crippen molar-refractivity contribution in [2.24, 2.45) is 0 Å². The van der Waals surface area contributed by atoms with Gasteiger partial charge in [-0.3, -0.25) is 14.9 Å². The van der Waals surface area contributed by atoms with Crippen molar-refractivity contribution < 1.29 is 4.92 Å². The Morgan fingerprint density at radius 2 is 1.75 bits per heavy atom. The molecule has 0 saturated heterocycles. The maximum atomic E-state index is 11.7. The van der Waals surface area contributed by atoms with Gasteiger partial charge in [0.1, 0.15) is 0 Å². The third-order valence-corrected chi connectivity index (χ3v) is 3.12. The monoisotopic (exact) mass is 266 g/mol. The lowest BCUT2D eigenvalue weighted by molar-refractivity contribution is -0.384. The first kappa shape index (κ1) is 12.1. The van der Waals surface area contributed by atoms with Crippen molar-refractivity contribution in [2.45, 2.75) is 0 Å². The summed E-state index contributed by atoms with van der Waals surface area (Å²) >= 11 is 0. The molecule has 0 amide bonds. The number of H-pyrrole nitrogens is 1. The molecule has 0 fully saturated rings. The number of nitrogens with zero attached hydrogens (tertiary/aromatic N) is 1. The number of hydrogen-bond acceptors (Lipinski definition) is 3. The zero-order chi connectivity index (χ0) is 14.1. The van der Waals surface area contributed by atoms with Crippen molar-refractivity contribution in [3.05, 3.63) is 75.1 Å². The van der Waals surface area contributed by atoms with Crippen LogP contribution in [0.5, 0.6) is 0 Å². The molecule has 1 aromatic heterocycles. The second-order valence-corrected chi connectivity index (χ2v) is 4.40. The third kappa shape index (κ3) is 2.05. The number of rotatable bonds is 2. The standard InChI is InChI=1S/C15H10N2O3/c18-15-9-12(10-4-2-1-3-5-10)13-8-11(17(19)20)6-7-14(13)16-15/h1-9H,(H,16,18). The van der Waals surface area contributed by atoms with E-state index in [4.69, 9.17) is 0 Å². The summed E-state index contributed by atoms with van der Waals surface area (Å²) in [6, 6.07) is 15.2. The molecule has 0 aliphatic heterocycles. The predicted molar refractivity (Wildman–Crippen MR) is 76.7 cm³/mol. The summed E-state index contributed by atoms with van der Waals surface area (Å²) in [7, 11) is 0. The van der Waals surface area contributed by atoms with Gasteiger partial charge in [0.2, 0.25) is 5.56 Å². The fourth-order valence-corrected chi connectivity index (χ4v) is 2.21. The zero-order valence-corrected chi connectivity index (χ0v) is 10.4. The van der Waals surface area contributed by atoms with Crippen LogP contribution in [0.2, 0.25) is 0 Å². The average molecular weight is 266 g/mol. The number of aromatic amines is 1. The largest absolute Gasteiger partial charge is 0.322 e. The molecule has 0 radical (unpaired) electrons. The highest BCUT2D eigenvalue weighted by Crippen LogP contribution is 2.28. The number of nitrogens with one attached hydrogen (secondary N) is 1. The molecule has 0 atom stereocenters. The molecule has 0 spiro atoms. The van der Waals surface area contributed by atoms with Gasteiger partial charge in [0.15, 0.2) is 0 Å². The molecule has 0 saturated carbocycles. The Kier molecular flexibility index (Phi) is 2.80. The van der Waals surface area contributed by atoms with Gasteiger partial charge in [-0.1, -0.05) is 30.3 Å². The molecule has 0 unspecified atom stereocenters. The van der Waals surface area contributed by atoms with E-state index in [9.17, 15) is 14.9 Å². The van der Waals surface area contributed by atoms with Crippen molar-refractivity contribution in [1.29, 1.82) is 0 Å². The Bertz CT molecular complexity index is 854. The van der Waals surface area contributed by atoms with Gasteiger partial charge < -0.3 is 4.98 Å². The van der Waals surface area contributed by atoms with Gasteiger partial charge >= 0.3 is 0 Å². The van der Waals surface area contributed by atoms with Crippen molar-refractivity contribution in [3.8, 4) is 11.1 Å². The van der Waals surface area contributed by atoms with Crippen LogP contribution < -0.4 is 5.56 Å². The predicted octanol–water partition coefficient (Wildman–Crippen LogP) is 3.10. The van der Waals surface area contributed by atoms with Crippen LogP contribution in [0.25, 0.3) is 22.0 Å². The molecular weight excluding hydrogens is 256 g/mol. The minimum atomic E-state index is -0.445. The van der Waals surface area contributed by atoms with Crippen LogP contribution in [0.15, 0.2) is 59.4 Å². The summed E-state index contributed by atoms with van der Waals surface area (Å²) in [5.41, 5.74) is 1.89. The molecule has 3 rings (SSSR count). The summed E-state index contributed by atoms with van der Waals surface area (Å²) in [5, 5.41) is 11.6. The first-order valence-corrected chi connectivity index (χ1v) is 6.02. The highest BCUT2D eigenvalue weighted by Gasteiger charge is 2.11. The molecule has 5 nitrogen and oxygen atoms in total. The lowest BCUT2D eigenvalue weighted by Gasteiger charge is -2.06. The van der Waals surface area contributed by atoms with Crippen LogP contribution in [0.4, 0.5) is 5.69 Å². The number of nitro benzene ring substituents is 1. The van der Waals surface area contributed by atoms with Gasteiger partial charge in [-0.2, -0.15) is 0 Å². The van der Waals surface area contributed by atoms with E-state index < -0.39 is 4.92 Å². The molecule has 20 heavy (non-hydrogen) atoms. The van der Waals surface area contributed by atoms with E-state index >= 15 is 0 Å². The van der Waals surface area contributed by atoms with E-state index in [2.05, 4.69) is 4.98 Å². The first-order chi connectivity index (χ1) is 9.65. The highest BCUT2D eigenvalue weighted by atomic mass is 16.6. The normalized spacial score (nSPS) is 10.6. The second-order valence-electron chi connectivity index (χ2n) is 4.40. The van der Waals surface area contributed by atoms with Crippen molar-refractivity contribution in [1.82, 2.24) is 4.98 Å². The van der Waals surface area contributed by atoms with Crippen LogP contribution in [-0.2, 0) is 0 Å². The summed E-state index contributed by atoms with van der Waals surface area (Å²) in [6.07, 6.45) is 0. The number of non-ortho nitro benzene ring substituents is 1. The van der Waals surface area contributed by atoms with Gasteiger partial charge in [0.25, 0.3) is 5.69 Å². The molecular formula is C15H10N2O3. The van der Waals surface area contributed by atoms with E-state index in [1.54, 1.807) is 6.07 Å². The molecule has 1 N–H and O–H groups in total. The minimum Gasteiger partial charge on any atom is -0.322 e. The number of fused-ring (bicyclic) bond motifs is 1. The minimum absolute atomic E-state index is 0.00160. The second kappa shape index (κ2) is 4.62. The van der Waals surface area contributed by atoms with Crippen molar-refractivity contribution in [2.75, 3.05) is 0 Å². The van der Waals surface area contributed by atoms with E-state index in [1.165, 1.54) is 18.2 Å². The van der Waals surface area contributed by atoms with E-state index in [0.717, 1.165) is 5.56 Å². The van der Waals surface area contributed by atoms with Gasteiger partial charge in [0, 0.05) is 29.1 Å². The Balaban J connectivity index is 2.37. The van der Waals surface area contributed by atoms with Crippen molar-refractivity contribution in [3.63, 3.8) is 0 Å². The highest BCUT2D eigenvalue weighted by molar-refractivity contribution is 5.95. The van der Waals surface area contributed by atoms with Crippen molar-refractivity contribution >= 4 is 16.6 Å². The van der Waals surface area contributed by atoms with Gasteiger partial charge in [0.05, 0.1) is 4.92 Å². The summed E-state index contributed by atoms with van der Waals surface area (Å²) < 4.78 is 0. The van der Waals surface area contributed by atoms with E-state index in [0.29, 0.717) is 16.5 Å². The quantitative estimate of drug-likeness (QED) is 0.572. The number of hydrogen-bond donors (Lipinski definition) is 1. The summed E-state index contributed by atoms with van der Waals surface area (Å²) in [4.78, 5) is 24.8.